The molecule has 4 aromatic rings. The number of benzene rings is 3. The summed E-state index contributed by atoms with van der Waals surface area (Å²) in [6.45, 7) is 6.79. The van der Waals surface area contributed by atoms with Crippen LogP contribution in [0.15, 0.2) is 66.4 Å². The maximum absolute atomic E-state index is 13.5. The summed E-state index contributed by atoms with van der Waals surface area (Å²) in [5.41, 5.74) is 7.07. The van der Waals surface area contributed by atoms with Crippen molar-refractivity contribution < 1.29 is 24.0 Å². The van der Waals surface area contributed by atoms with Gasteiger partial charge in [-0.05, 0) is 62.2 Å². The van der Waals surface area contributed by atoms with E-state index in [9.17, 15) is 14.4 Å². The van der Waals surface area contributed by atoms with Gasteiger partial charge >= 0.3 is 5.97 Å². The molecular formula is C31H30N2O5. The minimum Gasteiger partial charge on any atom is -0.488 e. The molecule has 0 aliphatic carbocycles. The lowest BCUT2D eigenvalue weighted by Crippen LogP contribution is -2.24. The van der Waals surface area contributed by atoms with Crippen molar-refractivity contribution in [3.05, 3.63) is 88.6 Å². The number of rotatable bonds is 8. The van der Waals surface area contributed by atoms with Crippen LogP contribution >= 0.6 is 0 Å². The first-order valence-corrected chi connectivity index (χ1v) is 13.0. The number of ketones is 2. The SMILES string of the molecule is CCCCC(=O)ONC1=CCOc2c(ccc3c2c2cc(C(=O)c4ccccc4C)ccc2n3CC)C1=O. The maximum atomic E-state index is 13.5. The van der Waals surface area contributed by atoms with Crippen molar-refractivity contribution in [3.8, 4) is 5.75 Å². The van der Waals surface area contributed by atoms with Crippen molar-refractivity contribution in [1.29, 1.82) is 0 Å². The average Bonchev–Trinajstić information content (AvgIpc) is 3.16. The molecule has 38 heavy (non-hydrogen) atoms. The Morgan fingerprint density at radius 2 is 1.84 bits per heavy atom. The minimum absolute atomic E-state index is 0.0561. The third kappa shape index (κ3) is 4.45. The number of hydrogen-bond donors (Lipinski definition) is 1. The molecule has 0 bridgehead atoms. The molecule has 2 heterocycles. The molecule has 7 heteroatoms. The van der Waals surface area contributed by atoms with E-state index in [0.29, 0.717) is 35.4 Å². The first-order valence-electron chi connectivity index (χ1n) is 13.0. The molecule has 0 saturated carbocycles. The number of aryl methyl sites for hydroxylation is 2. The number of carbonyl (C=O) groups excluding carboxylic acids is 3. The number of hydrogen-bond acceptors (Lipinski definition) is 6. The average molecular weight is 511 g/mol. The van der Waals surface area contributed by atoms with Gasteiger partial charge in [0.05, 0.1) is 16.5 Å². The third-order valence-corrected chi connectivity index (χ3v) is 6.96. The van der Waals surface area contributed by atoms with Gasteiger partial charge < -0.3 is 14.1 Å². The fourth-order valence-corrected chi connectivity index (χ4v) is 4.97. The van der Waals surface area contributed by atoms with Gasteiger partial charge in [0.15, 0.2) is 5.78 Å². The van der Waals surface area contributed by atoms with Gasteiger partial charge in [-0.2, -0.15) is 0 Å². The van der Waals surface area contributed by atoms with E-state index in [0.717, 1.165) is 33.8 Å². The summed E-state index contributed by atoms with van der Waals surface area (Å²) in [5.74, 6) is -0.347. The highest BCUT2D eigenvalue weighted by molar-refractivity contribution is 6.20. The van der Waals surface area contributed by atoms with Crippen molar-refractivity contribution in [1.82, 2.24) is 10.0 Å². The van der Waals surface area contributed by atoms with E-state index in [-0.39, 0.29) is 30.3 Å². The number of carbonyl (C=O) groups is 3. The van der Waals surface area contributed by atoms with E-state index >= 15 is 0 Å². The standard InChI is InChI=1S/C31H30N2O5/c1-4-6-11-27(34)38-32-24-16-17-37-31-22(30(24)36)13-15-26-28(31)23-18-20(12-14-25(23)33(26)5-2)29(35)21-10-8-7-9-19(21)3/h7-10,12-16,18,32H,4-6,11,17H2,1-3H3. The lowest BCUT2D eigenvalue weighted by Gasteiger charge is -2.11. The zero-order chi connectivity index (χ0) is 26.8. The highest BCUT2D eigenvalue weighted by Crippen LogP contribution is 2.40. The normalized spacial score (nSPS) is 13.0. The molecule has 3 aromatic carbocycles. The van der Waals surface area contributed by atoms with Gasteiger partial charge in [-0.3, -0.25) is 9.59 Å². The Balaban J connectivity index is 1.58. The van der Waals surface area contributed by atoms with Crippen LogP contribution in [0.4, 0.5) is 0 Å². The number of nitrogens with zero attached hydrogens (tertiary/aromatic N) is 1. The molecule has 0 unspecified atom stereocenters. The number of allylic oxidation sites excluding steroid dienone is 1. The quantitative estimate of drug-likeness (QED) is 0.229. The number of unbranched alkanes of at least 4 members (excludes halogenated alkanes) is 1. The van der Waals surface area contributed by atoms with Crippen LogP contribution in [0, 0.1) is 6.92 Å². The molecule has 194 valence electrons. The second kappa shape index (κ2) is 10.5. The first kappa shape index (κ1) is 25.3. The van der Waals surface area contributed by atoms with Gasteiger partial charge in [-0.25, -0.2) is 10.3 Å². The maximum Gasteiger partial charge on any atom is 0.332 e. The van der Waals surface area contributed by atoms with Gasteiger partial charge in [0, 0.05) is 35.0 Å². The summed E-state index contributed by atoms with van der Waals surface area (Å²) < 4.78 is 8.27. The predicted molar refractivity (Wildman–Crippen MR) is 146 cm³/mol. The number of fused-ring (bicyclic) bond motifs is 5. The third-order valence-electron chi connectivity index (χ3n) is 6.96. The Bertz CT molecular complexity index is 1610. The Morgan fingerprint density at radius 3 is 2.61 bits per heavy atom. The predicted octanol–water partition coefficient (Wildman–Crippen LogP) is 6.05. The largest absolute Gasteiger partial charge is 0.488 e. The zero-order valence-electron chi connectivity index (χ0n) is 21.8. The smallest absolute Gasteiger partial charge is 0.332 e. The van der Waals surface area contributed by atoms with E-state index in [1.807, 2.05) is 62.4 Å². The lowest BCUT2D eigenvalue weighted by atomic mass is 9.97. The van der Waals surface area contributed by atoms with Crippen molar-refractivity contribution in [3.63, 3.8) is 0 Å². The number of aromatic nitrogens is 1. The highest BCUT2D eigenvalue weighted by atomic mass is 16.7. The molecule has 1 aliphatic heterocycles. The van der Waals surface area contributed by atoms with Crippen molar-refractivity contribution in [2.24, 2.45) is 0 Å². The molecular weight excluding hydrogens is 480 g/mol. The molecule has 0 radical (unpaired) electrons. The topological polar surface area (TPSA) is 86.6 Å². The lowest BCUT2D eigenvalue weighted by molar-refractivity contribution is -0.149. The number of nitrogens with one attached hydrogen (secondary N) is 1. The van der Waals surface area contributed by atoms with Crippen LogP contribution in [0.5, 0.6) is 5.75 Å². The Hall–Kier alpha value is -4.39. The van der Waals surface area contributed by atoms with E-state index in [1.54, 1.807) is 12.1 Å². The molecule has 0 atom stereocenters. The second-order valence-electron chi connectivity index (χ2n) is 9.39. The van der Waals surface area contributed by atoms with Crippen LogP contribution in [-0.2, 0) is 16.2 Å². The zero-order valence-corrected chi connectivity index (χ0v) is 21.8. The number of hydroxylamine groups is 1. The van der Waals surface area contributed by atoms with Crippen LogP contribution in [0.3, 0.4) is 0 Å². The van der Waals surface area contributed by atoms with Gasteiger partial charge in [0.1, 0.15) is 18.1 Å². The van der Waals surface area contributed by atoms with Gasteiger partial charge in [0.2, 0.25) is 5.78 Å². The van der Waals surface area contributed by atoms with Crippen molar-refractivity contribution in [2.75, 3.05) is 6.61 Å². The number of ether oxygens (including phenoxy) is 1. The van der Waals surface area contributed by atoms with E-state index in [4.69, 9.17) is 9.57 Å². The molecule has 0 fully saturated rings. The molecule has 5 rings (SSSR count). The number of Topliss-reactive ketones (excluding diaryl/α,β-unsaturated/α-hetero) is 1. The molecule has 1 aromatic heterocycles. The van der Waals surface area contributed by atoms with Crippen LogP contribution < -0.4 is 10.2 Å². The van der Waals surface area contributed by atoms with Crippen molar-refractivity contribution >= 4 is 39.3 Å². The Morgan fingerprint density at radius 1 is 1.05 bits per heavy atom. The molecule has 7 nitrogen and oxygen atoms in total. The molecule has 0 saturated heterocycles. The summed E-state index contributed by atoms with van der Waals surface area (Å²) in [6, 6.07) is 16.9. The van der Waals surface area contributed by atoms with E-state index in [1.165, 1.54) is 0 Å². The van der Waals surface area contributed by atoms with Crippen LogP contribution in [0.2, 0.25) is 0 Å². The van der Waals surface area contributed by atoms with Gasteiger partial charge in [-0.15, -0.1) is 0 Å². The molecule has 0 amide bonds. The van der Waals surface area contributed by atoms with Crippen LogP contribution in [-0.4, -0.2) is 28.7 Å². The molecule has 1 N–H and O–H groups in total. The summed E-state index contributed by atoms with van der Waals surface area (Å²) in [7, 11) is 0. The Labute approximate surface area is 221 Å². The van der Waals surface area contributed by atoms with Crippen LogP contribution in [0.25, 0.3) is 21.8 Å². The summed E-state index contributed by atoms with van der Waals surface area (Å²) in [6.07, 6.45) is 3.44. The highest BCUT2D eigenvalue weighted by Gasteiger charge is 2.26. The first-order chi connectivity index (χ1) is 18.4. The fourth-order valence-electron chi connectivity index (χ4n) is 4.97. The monoisotopic (exact) mass is 510 g/mol. The van der Waals surface area contributed by atoms with Gasteiger partial charge in [0.25, 0.3) is 0 Å². The molecule has 0 spiro atoms. The second-order valence-corrected chi connectivity index (χ2v) is 9.39. The summed E-state index contributed by atoms with van der Waals surface area (Å²) in [5, 5.41) is 1.62. The fraction of sp³-hybridized carbons (Fsp3) is 0.258. The van der Waals surface area contributed by atoms with Crippen LogP contribution in [0.1, 0.15) is 65.0 Å². The molecule has 1 aliphatic rings. The van der Waals surface area contributed by atoms with E-state index < -0.39 is 5.97 Å². The summed E-state index contributed by atoms with van der Waals surface area (Å²) >= 11 is 0. The van der Waals surface area contributed by atoms with Crippen molar-refractivity contribution in [2.45, 2.75) is 46.6 Å². The van der Waals surface area contributed by atoms with E-state index in [2.05, 4.69) is 17.0 Å². The van der Waals surface area contributed by atoms with Gasteiger partial charge in [-0.1, -0.05) is 37.6 Å². The minimum atomic E-state index is -0.418. The summed E-state index contributed by atoms with van der Waals surface area (Å²) in [4.78, 5) is 43.9. The Kier molecular flexibility index (Phi) is 7.01.